The number of ether oxygens (including phenoxy) is 1. The molecule has 2 fully saturated rings. The van der Waals surface area contributed by atoms with Gasteiger partial charge in [-0.05, 0) is 43.4 Å². The smallest absolute Gasteiger partial charge is 0.0590 e. The van der Waals surface area contributed by atoms with E-state index in [-0.39, 0.29) is 5.54 Å². The van der Waals surface area contributed by atoms with Gasteiger partial charge in [0.2, 0.25) is 0 Å². The third-order valence-electron chi connectivity index (χ3n) is 4.95. The molecule has 0 bridgehead atoms. The first-order valence-electron chi connectivity index (χ1n) is 7.88. The molecule has 2 N–H and O–H groups in total. The van der Waals surface area contributed by atoms with Gasteiger partial charge in [-0.15, -0.1) is 0 Å². The van der Waals surface area contributed by atoms with Crippen molar-refractivity contribution in [3.05, 3.63) is 0 Å². The van der Waals surface area contributed by atoms with Crippen molar-refractivity contribution in [1.82, 2.24) is 4.90 Å². The molecule has 2 rings (SSSR count). The lowest BCUT2D eigenvalue weighted by molar-refractivity contribution is -0.0274. The van der Waals surface area contributed by atoms with Crippen LogP contribution in [0.3, 0.4) is 0 Å². The summed E-state index contributed by atoms with van der Waals surface area (Å²) in [7, 11) is 1.80. The summed E-state index contributed by atoms with van der Waals surface area (Å²) in [5.41, 5.74) is 6.90. The minimum atomic E-state index is 0.209. The highest BCUT2D eigenvalue weighted by atomic mass is 16.5. The number of rotatable bonds is 6. The van der Waals surface area contributed by atoms with Crippen LogP contribution in [0.2, 0.25) is 0 Å². The Balaban J connectivity index is 2.18. The number of methoxy groups -OCH3 is 1. The monoisotopic (exact) mass is 268 g/mol. The van der Waals surface area contributed by atoms with Gasteiger partial charge in [0, 0.05) is 31.8 Å². The average Bonchev–Trinajstić information content (AvgIpc) is 3.11. The van der Waals surface area contributed by atoms with Crippen molar-refractivity contribution in [2.45, 2.75) is 64.5 Å². The van der Waals surface area contributed by atoms with Crippen LogP contribution in [-0.2, 0) is 4.74 Å². The predicted molar refractivity (Wildman–Crippen MR) is 80.2 cm³/mol. The molecule has 3 heteroatoms. The van der Waals surface area contributed by atoms with Gasteiger partial charge in [0.05, 0.1) is 6.61 Å². The van der Waals surface area contributed by atoms with Crippen molar-refractivity contribution < 1.29 is 4.74 Å². The molecule has 112 valence electrons. The molecule has 0 saturated heterocycles. The summed E-state index contributed by atoms with van der Waals surface area (Å²) in [5, 5.41) is 0. The second-order valence-corrected chi connectivity index (χ2v) is 7.70. The van der Waals surface area contributed by atoms with Crippen LogP contribution < -0.4 is 5.73 Å². The largest absolute Gasteiger partial charge is 0.383 e. The molecule has 0 aliphatic heterocycles. The molecule has 2 unspecified atom stereocenters. The van der Waals surface area contributed by atoms with Crippen molar-refractivity contribution in [3.63, 3.8) is 0 Å². The number of hydrogen-bond donors (Lipinski definition) is 1. The summed E-state index contributed by atoms with van der Waals surface area (Å²) in [6, 6.07) is 0.764. The van der Waals surface area contributed by atoms with Crippen molar-refractivity contribution in [2.24, 2.45) is 17.1 Å². The molecule has 0 aromatic rings. The first-order chi connectivity index (χ1) is 8.92. The second-order valence-electron chi connectivity index (χ2n) is 7.70. The fraction of sp³-hybridized carbons (Fsp3) is 1.00. The minimum absolute atomic E-state index is 0.209. The molecule has 2 atom stereocenters. The van der Waals surface area contributed by atoms with Crippen LogP contribution in [0.15, 0.2) is 0 Å². The summed E-state index contributed by atoms with van der Waals surface area (Å²) in [6.07, 6.45) is 6.52. The second kappa shape index (κ2) is 5.71. The summed E-state index contributed by atoms with van der Waals surface area (Å²) >= 11 is 0. The molecule has 0 radical (unpaired) electrons. The molecular formula is C16H32N2O. The maximum absolute atomic E-state index is 6.28. The van der Waals surface area contributed by atoms with Gasteiger partial charge >= 0.3 is 0 Å². The Morgan fingerprint density at radius 1 is 1.26 bits per heavy atom. The quantitative estimate of drug-likeness (QED) is 0.805. The Labute approximate surface area is 118 Å². The number of nitrogens with zero attached hydrogens (tertiary/aromatic N) is 1. The number of nitrogens with two attached hydrogens (primary N) is 1. The molecule has 0 aromatic heterocycles. The zero-order valence-electron chi connectivity index (χ0n) is 13.2. The van der Waals surface area contributed by atoms with E-state index in [2.05, 4.69) is 25.7 Å². The highest BCUT2D eigenvalue weighted by Crippen LogP contribution is 2.48. The summed E-state index contributed by atoms with van der Waals surface area (Å²) in [4.78, 5) is 2.70. The van der Waals surface area contributed by atoms with Crippen LogP contribution >= 0.6 is 0 Å². The van der Waals surface area contributed by atoms with E-state index in [4.69, 9.17) is 10.5 Å². The predicted octanol–water partition coefficient (Wildman–Crippen LogP) is 2.64. The van der Waals surface area contributed by atoms with E-state index < -0.39 is 0 Å². The first-order valence-corrected chi connectivity index (χ1v) is 7.88. The van der Waals surface area contributed by atoms with Crippen LogP contribution in [0.25, 0.3) is 0 Å². The zero-order chi connectivity index (χ0) is 14.1. The van der Waals surface area contributed by atoms with E-state index in [1.165, 1.54) is 32.1 Å². The summed E-state index contributed by atoms with van der Waals surface area (Å²) < 4.78 is 5.33. The molecule has 2 aliphatic carbocycles. The maximum Gasteiger partial charge on any atom is 0.0590 e. The topological polar surface area (TPSA) is 38.5 Å². The van der Waals surface area contributed by atoms with Crippen molar-refractivity contribution in [2.75, 3.05) is 26.8 Å². The van der Waals surface area contributed by atoms with Crippen LogP contribution in [0.5, 0.6) is 0 Å². The van der Waals surface area contributed by atoms with Crippen LogP contribution in [0.4, 0.5) is 0 Å². The zero-order valence-corrected chi connectivity index (χ0v) is 13.2. The average molecular weight is 268 g/mol. The van der Waals surface area contributed by atoms with E-state index in [1.807, 2.05) is 0 Å². The van der Waals surface area contributed by atoms with Crippen LogP contribution in [0.1, 0.15) is 52.9 Å². The van der Waals surface area contributed by atoms with Crippen LogP contribution in [0, 0.1) is 11.3 Å². The van der Waals surface area contributed by atoms with Gasteiger partial charge in [-0.2, -0.15) is 0 Å². The summed E-state index contributed by atoms with van der Waals surface area (Å²) in [6.45, 7) is 9.88. The lowest BCUT2D eigenvalue weighted by Gasteiger charge is -2.53. The lowest BCUT2D eigenvalue weighted by Crippen LogP contribution is -2.60. The molecule has 0 amide bonds. The highest BCUT2D eigenvalue weighted by molar-refractivity contribution is 5.05. The fourth-order valence-corrected chi connectivity index (χ4v) is 4.57. The van der Waals surface area contributed by atoms with Gasteiger partial charge in [-0.25, -0.2) is 0 Å². The van der Waals surface area contributed by atoms with Gasteiger partial charge in [0.25, 0.3) is 0 Å². The van der Waals surface area contributed by atoms with Gasteiger partial charge in [0.15, 0.2) is 0 Å². The molecule has 0 aromatic carbocycles. The van der Waals surface area contributed by atoms with E-state index in [9.17, 15) is 0 Å². The molecule has 3 nitrogen and oxygen atoms in total. The Morgan fingerprint density at radius 2 is 1.95 bits per heavy atom. The molecular weight excluding hydrogens is 236 g/mol. The van der Waals surface area contributed by atoms with E-state index >= 15 is 0 Å². The molecule has 2 aliphatic rings. The fourth-order valence-electron chi connectivity index (χ4n) is 4.57. The lowest BCUT2D eigenvalue weighted by atomic mass is 9.63. The third kappa shape index (κ3) is 3.50. The third-order valence-corrected chi connectivity index (χ3v) is 4.95. The van der Waals surface area contributed by atoms with Gasteiger partial charge in [0.1, 0.15) is 0 Å². The summed E-state index contributed by atoms with van der Waals surface area (Å²) in [5.74, 6) is 0.774. The van der Waals surface area contributed by atoms with Crippen molar-refractivity contribution in [3.8, 4) is 0 Å². The van der Waals surface area contributed by atoms with Gasteiger partial charge in [-0.3, -0.25) is 4.90 Å². The SMILES string of the molecule is COCCN(C1CC1)C1(CN)CC(C)CC(C)(C)C1. The standard InChI is InChI=1S/C16H32N2O/c1-13-9-15(2,3)11-16(10-13,12-17)18(7-8-19-4)14-5-6-14/h13-14H,5-12,17H2,1-4H3. The Hall–Kier alpha value is -0.120. The molecule has 0 spiro atoms. The number of hydrogen-bond acceptors (Lipinski definition) is 3. The molecule has 19 heavy (non-hydrogen) atoms. The van der Waals surface area contributed by atoms with Crippen molar-refractivity contribution >= 4 is 0 Å². The Kier molecular flexibility index (Phi) is 4.59. The van der Waals surface area contributed by atoms with E-state index in [0.29, 0.717) is 5.41 Å². The minimum Gasteiger partial charge on any atom is -0.383 e. The molecule has 0 heterocycles. The Bertz CT molecular complexity index is 301. The maximum atomic E-state index is 6.28. The van der Waals surface area contributed by atoms with E-state index in [1.54, 1.807) is 7.11 Å². The highest BCUT2D eigenvalue weighted by Gasteiger charge is 2.49. The van der Waals surface area contributed by atoms with Gasteiger partial charge in [-0.1, -0.05) is 20.8 Å². The van der Waals surface area contributed by atoms with Crippen molar-refractivity contribution in [1.29, 1.82) is 0 Å². The molecule has 2 saturated carbocycles. The van der Waals surface area contributed by atoms with Gasteiger partial charge < -0.3 is 10.5 Å². The Morgan fingerprint density at radius 3 is 2.42 bits per heavy atom. The first kappa shape index (κ1) is 15.3. The van der Waals surface area contributed by atoms with E-state index in [0.717, 1.165) is 31.7 Å². The van der Waals surface area contributed by atoms with Crippen LogP contribution in [-0.4, -0.2) is 43.3 Å². The normalized spacial score (nSPS) is 34.7.